The summed E-state index contributed by atoms with van der Waals surface area (Å²) in [6.07, 6.45) is 1.57. The number of hydrogen-bond acceptors (Lipinski definition) is 2. The van der Waals surface area contributed by atoms with E-state index in [1.54, 1.807) is 6.07 Å². The summed E-state index contributed by atoms with van der Waals surface area (Å²) in [5, 5.41) is 10.2. The minimum atomic E-state index is 0.255. The molecule has 0 bridgehead atoms. The number of carbonyl (C=O) groups is 1. The van der Waals surface area contributed by atoms with E-state index < -0.39 is 0 Å². The fraction of sp³-hybridized carbons (Fsp3) is 0.103. The van der Waals surface area contributed by atoms with Crippen molar-refractivity contribution in [3.8, 4) is 17.2 Å². The van der Waals surface area contributed by atoms with Crippen LogP contribution in [0.15, 0.2) is 91.0 Å². The van der Waals surface area contributed by atoms with Crippen molar-refractivity contribution in [1.29, 1.82) is 5.26 Å². The molecule has 0 radical (unpaired) electrons. The van der Waals surface area contributed by atoms with E-state index in [1.807, 2.05) is 30.3 Å². The average molecular weight is 480 g/mol. The van der Waals surface area contributed by atoms with Gasteiger partial charge >= 0.3 is 196 Å². The maximum atomic E-state index is 11.6. The molecule has 0 saturated carbocycles. The van der Waals surface area contributed by atoms with Crippen molar-refractivity contribution in [2.24, 2.45) is 0 Å². The second kappa shape index (κ2) is 10.2. The van der Waals surface area contributed by atoms with Crippen LogP contribution in [0.1, 0.15) is 38.2 Å². The zero-order valence-electron chi connectivity index (χ0n) is 17.9. The fourth-order valence-electron chi connectivity index (χ4n) is 3.84. The molecule has 0 amide bonds. The number of nitrogens with zero attached hydrogens (tertiary/aromatic N) is 1. The Labute approximate surface area is 195 Å². The molecule has 2 nitrogen and oxygen atoms in total. The van der Waals surface area contributed by atoms with E-state index in [1.165, 1.54) is 26.7 Å². The third-order valence-corrected chi connectivity index (χ3v) is 7.80. The van der Waals surface area contributed by atoms with E-state index in [2.05, 4.69) is 67.6 Å². The number of hydrogen-bond donors (Lipinski definition) is 0. The van der Waals surface area contributed by atoms with Crippen LogP contribution in [0.3, 0.4) is 0 Å². The quantitative estimate of drug-likeness (QED) is 0.260. The van der Waals surface area contributed by atoms with Crippen LogP contribution in [-0.2, 0) is 11.7 Å². The molecule has 0 aliphatic rings. The van der Waals surface area contributed by atoms with Crippen LogP contribution in [0.2, 0.25) is 0 Å². The number of benzene rings is 4. The van der Waals surface area contributed by atoms with E-state index in [0.29, 0.717) is 17.5 Å². The van der Waals surface area contributed by atoms with Crippen LogP contribution in [0.4, 0.5) is 0 Å². The molecule has 4 aromatic rings. The third kappa shape index (κ3) is 5.06. The molecule has 3 heteroatoms. The van der Waals surface area contributed by atoms with Crippen molar-refractivity contribution in [3.05, 3.63) is 124 Å². The Bertz CT molecular complexity index is 1290. The molecule has 0 saturated heterocycles. The summed E-state index contributed by atoms with van der Waals surface area (Å²) in [5.41, 5.74) is 8.66. The number of aldehydes is 1. The monoisotopic (exact) mass is 481 g/mol. The third-order valence-electron chi connectivity index (χ3n) is 5.62. The molecule has 0 N–H and O–H groups in total. The maximum absolute atomic E-state index is 11.6. The van der Waals surface area contributed by atoms with Crippen molar-refractivity contribution >= 4 is 25.7 Å². The molecule has 4 rings (SSSR count). The number of nitriles is 1. The van der Waals surface area contributed by atoms with Gasteiger partial charge in [0.25, 0.3) is 0 Å². The molecule has 4 aromatic carbocycles. The summed E-state index contributed by atoms with van der Waals surface area (Å²) in [6.45, 7) is 2.21. The predicted molar refractivity (Wildman–Crippen MR) is 131 cm³/mol. The van der Waals surface area contributed by atoms with E-state index in [9.17, 15) is 4.79 Å². The van der Waals surface area contributed by atoms with Crippen molar-refractivity contribution in [3.63, 3.8) is 0 Å². The van der Waals surface area contributed by atoms with Gasteiger partial charge in [-0.15, -0.1) is 0 Å². The van der Waals surface area contributed by atoms with Crippen molar-refractivity contribution in [2.75, 3.05) is 0 Å². The van der Waals surface area contributed by atoms with Gasteiger partial charge in [0, 0.05) is 0 Å². The van der Waals surface area contributed by atoms with Crippen LogP contribution in [0, 0.1) is 18.3 Å². The van der Waals surface area contributed by atoms with E-state index in [0.717, 1.165) is 22.7 Å². The van der Waals surface area contributed by atoms with Gasteiger partial charge in [0.15, 0.2) is 0 Å². The van der Waals surface area contributed by atoms with Gasteiger partial charge in [0.2, 0.25) is 0 Å². The number of carbonyl (C=O) groups excluding carboxylic acids is 1. The Hall–Kier alpha value is -3.44. The van der Waals surface area contributed by atoms with Gasteiger partial charge in [0.05, 0.1) is 0 Å². The zero-order chi connectivity index (χ0) is 22.3. The first kappa shape index (κ1) is 21.8. The summed E-state index contributed by atoms with van der Waals surface area (Å²) < 4.78 is 1.28. The van der Waals surface area contributed by atoms with Crippen LogP contribution >= 0.6 is 0 Å². The van der Waals surface area contributed by atoms with Gasteiger partial charge < -0.3 is 0 Å². The van der Waals surface area contributed by atoms with Crippen molar-refractivity contribution in [2.45, 2.75) is 18.7 Å². The summed E-state index contributed by atoms with van der Waals surface area (Å²) in [5.74, 6) is 0. The average Bonchev–Trinajstić information content (AvgIpc) is 2.84. The Kier molecular flexibility index (Phi) is 6.97. The van der Waals surface area contributed by atoms with Gasteiger partial charge in [-0.3, -0.25) is 0 Å². The van der Waals surface area contributed by atoms with Gasteiger partial charge in [-0.05, 0) is 0 Å². The van der Waals surface area contributed by atoms with Gasteiger partial charge in [-0.2, -0.15) is 0 Å². The minimum absolute atomic E-state index is 0.255. The Morgan fingerprint density at radius 1 is 0.875 bits per heavy atom. The summed E-state index contributed by atoms with van der Waals surface area (Å²) >= 11 is 0.255. The van der Waals surface area contributed by atoms with Crippen molar-refractivity contribution in [1.82, 2.24) is 0 Å². The molecule has 0 atom stereocenters. The summed E-state index contributed by atoms with van der Waals surface area (Å²) in [6, 6.07) is 33.0. The first-order valence-corrected chi connectivity index (χ1v) is 12.6. The molecule has 0 spiro atoms. The molecule has 0 fully saturated rings. The van der Waals surface area contributed by atoms with Crippen LogP contribution in [-0.4, -0.2) is 21.2 Å². The number of rotatable bonds is 7. The first-order chi connectivity index (χ1) is 15.7. The summed E-state index contributed by atoms with van der Waals surface area (Å²) in [4.78, 5) is 11.6. The second-order valence-electron chi connectivity index (χ2n) is 7.71. The Morgan fingerprint density at radius 2 is 1.69 bits per heavy atom. The Morgan fingerprint density at radius 3 is 2.47 bits per heavy atom. The molecule has 0 unspecified atom stereocenters. The van der Waals surface area contributed by atoms with Crippen molar-refractivity contribution < 1.29 is 4.79 Å². The van der Waals surface area contributed by atoms with E-state index in [4.69, 9.17) is 5.26 Å². The molecule has 0 heterocycles. The normalized spacial score (nSPS) is 10.5. The molecule has 32 heavy (non-hydrogen) atoms. The fourth-order valence-corrected chi connectivity index (χ4v) is 5.99. The Balaban J connectivity index is 1.55. The molecular weight excluding hydrogens is 457 g/mol. The second-order valence-corrected chi connectivity index (χ2v) is 9.91. The van der Waals surface area contributed by atoms with E-state index in [-0.39, 0.29) is 15.0 Å². The van der Waals surface area contributed by atoms with Crippen LogP contribution in [0.5, 0.6) is 0 Å². The molecule has 0 aliphatic heterocycles. The first-order valence-electron chi connectivity index (χ1n) is 10.5. The summed E-state index contributed by atoms with van der Waals surface area (Å²) in [7, 11) is 0. The van der Waals surface area contributed by atoms with Gasteiger partial charge in [-0.1, -0.05) is 0 Å². The SMILES string of the molecule is Cc1c(C[Se]c2ccc(C=O)c(Cc3cccc(C#N)c3)c2)cccc1-c1ccccc1. The zero-order valence-corrected chi connectivity index (χ0v) is 19.6. The standard InChI is InChI=1S/C29H23NOSe/c1-21-26(11-6-12-29(21)24-9-3-2-4-10-24)20-32-28-14-13-25(19-31)27(17-28)16-22-7-5-8-23(15-22)18-30/h2-15,17,19H,16,20H2,1H3. The van der Waals surface area contributed by atoms with Gasteiger partial charge in [-0.25, -0.2) is 0 Å². The molecule has 0 aromatic heterocycles. The van der Waals surface area contributed by atoms with E-state index >= 15 is 0 Å². The topological polar surface area (TPSA) is 40.9 Å². The van der Waals surface area contributed by atoms with Crippen LogP contribution < -0.4 is 4.46 Å². The molecule has 156 valence electrons. The molecule has 0 aliphatic carbocycles. The predicted octanol–water partition coefficient (Wildman–Crippen LogP) is 5.47. The van der Waals surface area contributed by atoms with Crippen LogP contribution in [0.25, 0.3) is 11.1 Å². The molecular formula is C29H23NOSe. The van der Waals surface area contributed by atoms with Gasteiger partial charge in [0.1, 0.15) is 0 Å².